The summed E-state index contributed by atoms with van der Waals surface area (Å²) in [6, 6.07) is 5.42. The summed E-state index contributed by atoms with van der Waals surface area (Å²) in [4.78, 5) is 6.24. The molecule has 1 fully saturated rings. The Morgan fingerprint density at radius 2 is 2.00 bits per heavy atom. The summed E-state index contributed by atoms with van der Waals surface area (Å²) in [6.07, 6.45) is 2.31. The predicted molar refractivity (Wildman–Crippen MR) is 117 cm³/mol. The zero-order valence-electron chi connectivity index (χ0n) is 16.1. The predicted octanol–water partition coefficient (Wildman–Crippen LogP) is 3.38. The molecule has 2 rings (SSSR count). The van der Waals surface area contributed by atoms with Crippen LogP contribution in [0.1, 0.15) is 32.3 Å². The lowest BCUT2D eigenvalue weighted by Crippen LogP contribution is -2.37. The van der Waals surface area contributed by atoms with Gasteiger partial charge in [0.25, 0.3) is 0 Å². The van der Waals surface area contributed by atoms with Crippen molar-refractivity contribution >= 4 is 35.6 Å². The van der Waals surface area contributed by atoms with E-state index in [4.69, 9.17) is 4.74 Å². The van der Waals surface area contributed by atoms with Crippen molar-refractivity contribution in [3.63, 3.8) is 0 Å². The molecule has 0 unspecified atom stereocenters. The van der Waals surface area contributed by atoms with Crippen LogP contribution in [-0.2, 0) is 11.3 Å². The fourth-order valence-corrected chi connectivity index (χ4v) is 2.84. The average molecular weight is 478 g/mol. The molecule has 148 valence electrons. The lowest BCUT2D eigenvalue weighted by atomic mass is 10.1. The summed E-state index contributed by atoms with van der Waals surface area (Å²) in [7, 11) is 1.75. The van der Waals surface area contributed by atoms with Crippen LogP contribution in [0.15, 0.2) is 23.2 Å². The van der Waals surface area contributed by atoms with E-state index in [9.17, 15) is 4.39 Å². The summed E-state index contributed by atoms with van der Waals surface area (Å²) in [5.41, 5.74) is 1.56. The second-order valence-corrected chi connectivity index (χ2v) is 6.77. The van der Waals surface area contributed by atoms with Gasteiger partial charge in [-0.1, -0.05) is 19.9 Å². The average Bonchev–Trinajstić information content (AvgIpc) is 2.61. The Bertz CT molecular complexity index is 562. The van der Waals surface area contributed by atoms with Crippen LogP contribution in [0.2, 0.25) is 0 Å². The second kappa shape index (κ2) is 12.3. The Morgan fingerprint density at radius 3 is 2.62 bits per heavy atom. The smallest absolute Gasteiger partial charge is 0.191 e. The van der Waals surface area contributed by atoms with Crippen LogP contribution in [0.4, 0.5) is 10.1 Å². The van der Waals surface area contributed by atoms with Crippen molar-refractivity contribution in [2.75, 3.05) is 44.8 Å². The van der Waals surface area contributed by atoms with Crippen LogP contribution in [-0.4, -0.2) is 45.9 Å². The Morgan fingerprint density at radius 1 is 1.27 bits per heavy atom. The van der Waals surface area contributed by atoms with E-state index in [0.717, 1.165) is 37.6 Å². The number of anilines is 1. The minimum Gasteiger partial charge on any atom is -0.378 e. The highest BCUT2D eigenvalue weighted by Crippen LogP contribution is 2.21. The Hall–Kier alpha value is -1.09. The molecule has 1 heterocycles. The first kappa shape index (κ1) is 23.0. The normalized spacial score (nSPS) is 15.0. The van der Waals surface area contributed by atoms with Crippen LogP contribution >= 0.6 is 24.0 Å². The fraction of sp³-hybridized carbons (Fsp3) is 0.632. The van der Waals surface area contributed by atoms with Gasteiger partial charge < -0.3 is 20.3 Å². The number of morpholine rings is 1. The molecule has 0 saturated carbocycles. The molecule has 7 heteroatoms. The molecular weight excluding hydrogens is 446 g/mol. The van der Waals surface area contributed by atoms with Gasteiger partial charge in [-0.25, -0.2) is 4.39 Å². The van der Waals surface area contributed by atoms with E-state index in [1.54, 1.807) is 13.1 Å². The number of hydrogen-bond acceptors (Lipinski definition) is 3. The van der Waals surface area contributed by atoms with E-state index >= 15 is 0 Å². The minimum atomic E-state index is -0.180. The maximum Gasteiger partial charge on any atom is 0.191 e. The molecule has 1 saturated heterocycles. The van der Waals surface area contributed by atoms with Crippen molar-refractivity contribution in [2.24, 2.45) is 10.9 Å². The maximum atomic E-state index is 14.4. The summed E-state index contributed by atoms with van der Waals surface area (Å²) < 4.78 is 19.7. The third kappa shape index (κ3) is 7.65. The number of ether oxygens (including phenoxy) is 1. The number of halogens is 2. The van der Waals surface area contributed by atoms with Crippen molar-refractivity contribution < 1.29 is 9.13 Å². The first-order chi connectivity index (χ1) is 12.1. The van der Waals surface area contributed by atoms with Gasteiger partial charge in [-0.3, -0.25) is 4.99 Å². The molecule has 0 radical (unpaired) electrons. The van der Waals surface area contributed by atoms with Crippen molar-refractivity contribution in [1.82, 2.24) is 10.6 Å². The number of nitrogens with zero attached hydrogens (tertiary/aromatic N) is 2. The lowest BCUT2D eigenvalue weighted by Gasteiger charge is -2.29. The molecule has 1 aromatic rings. The van der Waals surface area contributed by atoms with Crippen LogP contribution in [0, 0.1) is 11.7 Å². The Kier molecular flexibility index (Phi) is 10.9. The van der Waals surface area contributed by atoms with E-state index in [1.165, 1.54) is 6.42 Å². The number of nitrogens with one attached hydrogen (secondary N) is 2. The van der Waals surface area contributed by atoms with E-state index in [-0.39, 0.29) is 29.8 Å². The van der Waals surface area contributed by atoms with Crippen molar-refractivity contribution in [3.05, 3.63) is 29.6 Å². The summed E-state index contributed by atoms with van der Waals surface area (Å²) in [5.74, 6) is 1.28. The number of hydrogen-bond donors (Lipinski definition) is 2. The molecule has 0 bridgehead atoms. The quantitative estimate of drug-likeness (QED) is 0.273. The molecule has 0 amide bonds. The van der Waals surface area contributed by atoms with E-state index < -0.39 is 0 Å². The molecule has 1 aromatic carbocycles. The number of rotatable bonds is 7. The van der Waals surface area contributed by atoms with Gasteiger partial charge in [0, 0.05) is 33.2 Å². The molecule has 0 atom stereocenters. The highest BCUT2D eigenvalue weighted by molar-refractivity contribution is 14.0. The van der Waals surface area contributed by atoms with E-state index in [0.29, 0.717) is 31.4 Å². The summed E-state index contributed by atoms with van der Waals surface area (Å²) in [5, 5.41) is 6.53. The van der Waals surface area contributed by atoms with E-state index in [2.05, 4.69) is 29.5 Å². The monoisotopic (exact) mass is 478 g/mol. The number of aliphatic imine (C=N–C) groups is 1. The zero-order valence-corrected chi connectivity index (χ0v) is 18.4. The Labute approximate surface area is 173 Å². The van der Waals surface area contributed by atoms with Gasteiger partial charge in [0.15, 0.2) is 5.96 Å². The van der Waals surface area contributed by atoms with Gasteiger partial charge >= 0.3 is 0 Å². The number of benzene rings is 1. The first-order valence-electron chi connectivity index (χ1n) is 9.15. The zero-order chi connectivity index (χ0) is 18.1. The van der Waals surface area contributed by atoms with Gasteiger partial charge in [0.1, 0.15) is 5.82 Å². The summed E-state index contributed by atoms with van der Waals surface area (Å²) in [6.45, 7) is 8.67. The van der Waals surface area contributed by atoms with Crippen LogP contribution in [0.5, 0.6) is 0 Å². The van der Waals surface area contributed by atoms with Gasteiger partial charge in [-0.05, 0) is 36.5 Å². The Balaban J connectivity index is 0.00000338. The van der Waals surface area contributed by atoms with Crippen LogP contribution < -0.4 is 15.5 Å². The van der Waals surface area contributed by atoms with Crippen molar-refractivity contribution in [3.8, 4) is 0 Å². The molecule has 0 aliphatic carbocycles. The van der Waals surface area contributed by atoms with E-state index in [1.807, 2.05) is 17.0 Å². The fourth-order valence-electron chi connectivity index (χ4n) is 2.84. The van der Waals surface area contributed by atoms with Gasteiger partial charge in [0.2, 0.25) is 0 Å². The van der Waals surface area contributed by atoms with Crippen LogP contribution in [0.3, 0.4) is 0 Å². The second-order valence-electron chi connectivity index (χ2n) is 6.77. The maximum absolute atomic E-state index is 14.4. The third-order valence-electron chi connectivity index (χ3n) is 4.30. The first-order valence-corrected chi connectivity index (χ1v) is 9.15. The largest absolute Gasteiger partial charge is 0.378 e. The molecule has 1 aliphatic rings. The molecule has 26 heavy (non-hydrogen) atoms. The number of guanidine groups is 1. The standard InChI is InChI=1S/C19H31FN4O.HI/c1-15(2)5-4-8-22-19(21-3)23-14-16-6-7-18(17(20)13-16)24-9-11-25-12-10-24;/h6-7,13,15H,4-5,8-12,14H2,1-3H3,(H2,21,22,23);1H. The topological polar surface area (TPSA) is 48.9 Å². The molecule has 5 nitrogen and oxygen atoms in total. The highest BCUT2D eigenvalue weighted by Gasteiger charge is 2.15. The molecule has 0 aromatic heterocycles. The van der Waals surface area contributed by atoms with Crippen LogP contribution in [0.25, 0.3) is 0 Å². The van der Waals surface area contributed by atoms with Gasteiger partial charge in [0.05, 0.1) is 18.9 Å². The van der Waals surface area contributed by atoms with Crippen molar-refractivity contribution in [2.45, 2.75) is 33.2 Å². The van der Waals surface area contributed by atoms with Gasteiger partial charge in [-0.15, -0.1) is 24.0 Å². The summed E-state index contributed by atoms with van der Waals surface area (Å²) >= 11 is 0. The molecule has 1 aliphatic heterocycles. The third-order valence-corrected chi connectivity index (χ3v) is 4.30. The molecule has 0 spiro atoms. The molecular formula is C19H32FIN4O. The molecule has 2 N–H and O–H groups in total. The van der Waals surface area contributed by atoms with Gasteiger partial charge in [-0.2, -0.15) is 0 Å². The SMILES string of the molecule is CN=C(NCCCC(C)C)NCc1ccc(N2CCOCC2)c(F)c1.I. The lowest BCUT2D eigenvalue weighted by molar-refractivity contribution is 0.122. The minimum absolute atomic E-state index is 0. The highest BCUT2D eigenvalue weighted by atomic mass is 127. The van der Waals surface area contributed by atoms with Crippen molar-refractivity contribution in [1.29, 1.82) is 0 Å².